The third kappa shape index (κ3) is 2.90. The van der Waals surface area contributed by atoms with Gasteiger partial charge in [0.25, 0.3) is 0 Å². The number of anilines is 1. The van der Waals surface area contributed by atoms with Gasteiger partial charge in [0.15, 0.2) is 0 Å². The Kier molecular flexibility index (Phi) is 4.01. The highest BCUT2D eigenvalue weighted by Crippen LogP contribution is 2.27. The normalized spacial score (nSPS) is 18.4. The van der Waals surface area contributed by atoms with Crippen molar-refractivity contribution in [1.29, 1.82) is 0 Å². The van der Waals surface area contributed by atoms with Gasteiger partial charge in [0, 0.05) is 5.54 Å². The van der Waals surface area contributed by atoms with E-state index in [1.165, 1.54) is 0 Å². The van der Waals surface area contributed by atoms with E-state index in [1.807, 2.05) is 13.8 Å². The quantitative estimate of drug-likeness (QED) is 0.852. The average Bonchev–Trinajstić information content (AvgIpc) is 2.35. The molecule has 1 aliphatic rings. The van der Waals surface area contributed by atoms with Gasteiger partial charge in [0.05, 0.1) is 12.2 Å². The first-order valence-electron chi connectivity index (χ1n) is 6.58. The first-order chi connectivity index (χ1) is 8.64. The van der Waals surface area contributed by atoms with E-state index >= 15 is 0 Å². The number of nitrogens with one attached hydrogen (secondary N) is 2. The van der Waals surface area contributed by atoms with Crippen LogP contribution in [0.2, 0.25) is 0 Å². The third-order valence-corrected chi connectivity index (χ3v) is 3.45. The predicted octanol–water partition coefficient (Wildman–Crippen LogP) is 1.74. The first-order valence-corrected chi connectivity index (χ1v) is 6.58. The monoisotopic (exact) mass is 250 g/mol. The van der Waals surface area contributed by atoms with Gasteiger partial charge in [0.2, 0.25) is 5.88 Å². The molecule has 2 heterocycles. The Hall–Kier alpha value is -1.36. The molecular formula is C13H22N4O. The van der Waals surface area contributed by atoms with Crippen LogP contribution in [0.3, 0.4) is 0 Å². The van der Waals surface area contributed by atoms with Crippen molar-refractivity contribution in [2.45, 2.75) is 39.2 Å². The molecular weight excluding hydrogens is 228 g/mol. The van der Waals surface area contributed by atoms with Crippen LogP contribution in [0.1, 0.15) is 32.3 Å². The lowest BCUT2D eigenvalue weighted by Crippen LogP contribution is -2.45. The maximum atomic E-state index is 5.50. The fraction of sp³-hybridized carbons (Fsp3) is 0.692. The van der Waals surface area contributed by atoms with Gasteiger partial charge >= 0.3 is 0 Å². The van der Waals surface area contributed by atoms with Gasteiger partial charge in [-0.25, -0.2) is 9.97 Å². The minimum Gasteiger partial charge on any atom is -0.478 e. The highest BCUT2D eigenvalue weighted by atomic mass is 16.5. The van der Waals surface area contributed by atoms with Crippen molar-refractivity contribution in [3.05, 3.63) is 11.9 Å². The number of hydrogen-bond acceptors (Lipinski definition) is 5. The van der Waals surface area contributed by atoms with E-state index in [0.717, 1.165) is 37.3 Å². The molecule has 2 rings (SSSR count). The Morgan fingerprint density at radius 1 is 1.39 bits per heavy atom. The summed E-state index contributed by atoms with van der Waals surface area (Å²) in [5.41, 5.74) is 1.09. The highest BCUT2D eigenvalue weighted by Gasteiger charge is 2.27. The fourth-order valence-electron chi connectivity index (χ4n) is 2.23. The summed E-state index contributed by atoms with van der Waals surface area (Å²) in [5, 5.41) is 6.93. The summed E-state index contributed by atoms with van der Waals surface area (Å²) in [6.45, 7) is 8.92. The number of nitrogens with zero attached hydrogens (tertiary/aromatic N) is 2. The molecule has 0 bridgehead atoms. The molecule has 0 aliphatic carbocycles. The van der Waals surface area contributed by atoms with E-state index in [2.05, 4.69) is 27.5 Å². The minimum atomic E-state index is 0.105. The van der Waals surface area contributed by atoms with Gasteiger partial charge in [-0.3, -0.25) is 0 Å². The van der Waals surface area contributed by atoms with Crippen LogP contribution < -0.4 is 15.4 Å². The van der Waals surface area contributed by atoms with Crippen LogP contribution in [0.25, 0.3) is 0 Å². The first kappa shape index (κ1) is 13.1. The second-order valence-corrected chi connectivity index (χ2v) is 5.02. The Bertz CT molecular complexity index is 402. The van der Waals surface area contributed by atoms with E-state index in [9.17, 15) is 0 Å². The Labute approximate surface area is 108 Å². The zero-order valence-corrected chi connectivity index (χ0v) is 11.4. The van der Waals surface area contributed by atoms with Crippen molar-refractivity contribution in [3.8, 4) is 5.88 Å². The molecule has 1 fully saturated rings. The minimum absolute atomic E-state index is 0.105. The van der Waals surface area contributed by atoms with E-state index in [0.29, 0.717) is 12.5 Å². The summed E-state index contributed by atoms with van der Waals surface area (Å²) < 4.78 is 5.50. The molecule has 5 nitrogen and oxygen atoms in total. The molecule has 5 heteroatoms. The van der Waals surface area contributed by atoms with Crippen LogP contribution in [0.5, 0.6) is 5.88 Å². The van der Waals surface area contributed by atoms with E-state index in [4.69, 9.17) is 4.74 Å². The SMILES string of the molecule is CCOc1ncnc(NC2(C)CCNCC2)c1C. The fourth-order valence-corrected chi connectivity index (χ4v) is 2.23. The van der Waals surface area contributed by atoms with E-state index in [1.54, 1.807) is 6.33 Å². The van der Waals surface area contributed by atoms with Gasteiger partial charge in [-0.05, 0) is 46.7 Å². The number of hydrogen-bond donors (Lipinski definition) is 2. The lowest BCUT2D eigenvalue weighted by molar-refractivity contribution is 0.323. The van der Waals surface area contributed by atoms with E-state index < -0.39 is 0 Å². The molecule has 100 valence electrons. The number of rotatable bonds is 4. The molecule has 0 radical (unpaired) electrons. The Balaban J connectivity index is 2.15. The van der Waals surface area contributed by atoms with Gasteiger partial charge < -0.3 is 15.4 Å². The number of aromatic nitrogens is 2. The zero-order chi connectivity index (χ0) is 13.0. The summed E-state index contributed by atoms with van der Waals surface area (Å²) in [6.07, 6.45) is 3.76. The largest absolute Gasteiger partial charge is 0.478 e. The molecule has 18 heavy (non-hydrogen) atoms. The lowest BCUT2D eigenvalue weighted by atomic mass is 9.90. The number of piperidine rings is 1. The van der Waals surface area contributed by atoms with Crippen molar-refractivity contribution in [3.63, 3.8) is 0 Å². The van der Waals surface area contributed by atoms with Crippen molar-refractivity contribution in [1.82, 2.24) is 15.3 Å². The molecule has 0 amide bonds. The lowest BCUT2D eigenvalue weighted by Gasteiger charge is -2.35. The van der Waals surface area contributed by atoms with Gasteiger partial charge in [-0.1, -0.05) is 0 Å². The smallest absolute Gasteiger partial charge is 0.221 e. The Morgan fingerprint density at radius 2 is 2.11 bits per heavy atom. The van der Waals surface area contributed by atoms with E-state index in [-0.39, 0.29) is 5.54 Å². The van der Waals surface area contributed by atoms with Crippen LogP contribution >= 0.6 is 0 Å². The van der Waals surface area contributed by atoms with Crippen molar-refractivity contribution in [2.75, 3.05) is 25.0 Å². The average molecular weight is 250 g/mol. The maximum Gasteiger partial charge on any atom is 0.221 e. The molecule has 0 atom stereocenters. The summed E-state index contributed by atoms with van der Waals surface area (Å²) in [5.74, 6) is 1.56. The summed E-state index contributed by atoms with van der Waals surface area (Å²) in [4.78, 5) is 8.50. The van der Waals surface area contributed by atoms with Crippen molar-refractivity contribution < 1.29 is 4.74 Å². The van der Waals surface area contributed by atoms with Crippen LogP contribution in [0.15, 0.2) is 6.33 Å². The molecule has 1 aromatic heterocycles. The molecule has 0 saturated carbocycles. The molecule has 1 saturated heterocycles. The zero-order valence-electron chi connectivity index (χ0n) is 11.4. The molecule has 2 N–H and O–H groups in total. The second kappa shape index (κ2) is 5.52. The van der Waals surface area contributed by atoms with Crippen LogP contribution in [0.4, 0.5) is 5.82 Å². The molecule has 1 aromatic rings. The molecule has 1 aliphatic heterocycles. The van der Waals surface area contributed by atoms with Crippen molar-refractivity contribution in [2.24, 2.45) is 0 Å². The Morgan fingerprint density at radius 3 is 2.78 bits per heavy atom. The highest BCUT2D eigenvalue weighted by molar-refractivity contribution is 5.49. The van der Waals surface area contributed by atoms with Crippen molar-refractivity contribution >= 4 is 5.82 Å². The van der Waals surface area contributed by atoms with Crippen LogP contribution in [-0.4, -0.2) is 35.2 Å². The van der Waals surface area contributed by atoms with Gasteiger partial charge in [-0.15, -0.1) is 0 Å². The molecule has 0 unspecified atom stereocenters. The summed E-state index contributed by atoms with van der Waals surface area (Å²) in [6, 6.07) is 0. The predicted molar refractivity (Wildman–Crippen MR) is 72.1 cm³/mol. The number of ether oxygens (including phenoxy) is 1. The summed E-state index contributed by atoms with van der Waals surface area (Å²) >= 11 is 0. The maximum absolute atomic E-state index is 5.50. The molecule has 0 aromatic carbocycles. The van der Waals surface area contributed by atoms with Gasteiger partial charge in [0.1, 0.15) is 12.1 Å². The topological polar surface area (TPSA) is 59.1 Å². The van der Waals surface area contributed by atoms with Crippen LogP contribution in [-0.2, 0) is 0 Å². The van der Waals surface area contributed by atoms with Gasteiger partial charge in [-0.2, -0.15) is 0 Å². The van der Waals surface area contributed by atoms with Crippen LogP contribution in [0, 0.1) is 6.92 Å². The standard InChI is InChI=1S/C13H22N4O/c1-4-18-12-10(2)11(15-9-16-12)17-13(3)5-7-14-8-6-13/h9,14H,4-8H2,1-3H3,(H,15,16,17). The second-order valence-electron chi connectivity index (χ2n) is 5.02. The molecule has 0 spiro atoms. The summed E-state index contributed by atoms with van der Waals surface area (Å²) in [7, 11) is 0. The third-order valence-electron chi connectivity index (χ3n) is 3.45.